The van der Waals surface area contributed by atoms with Crippen LogP contribution in [0.1, 0.15) is 36.0 Å². The van der Waals surface area contributed by atoms with E-state index < -0.39 is 5.54 Å². The topological polar surface area (TPSA) is 35.5 Å². The zero-order chi connectivity index (χ0) is 20.4. The molecule has 0 fully saturated rings. The van der Waals surface area contributed by atoms with Gasteiger partial charge in [-0.25, -0.2) is 0 Å². The summed E-state index contributed by atoms with van der Waals surface area (Å²) in [5, 5.41) is 13.6. The van der Waals surface area contributed by atoms with E-state index in [0.717, 1.165) is 25.9 Å². The van der Waals surface area contributed by atoms with Crippen LogP contribution in [0.15, 0.2) is 102 Å². The van der Waals surface area contributed by atoms with Gasteiger partial charge in [-0.3, -0.25) is 0 Å². The van der Waals surface area contributed by atoms with Crippen molar-refractivity contribution in [1.82, 2.24) is 10.2 Å². The molecule has 0 radical (unpaired) electrons. The Morgan fingerprint density at radius 3 is 1.77 bits per heavy atom. The Kier molecular flexibility index (Phi) is 5.06. The lowest BCUT2D eigenvalue weighted by atomic mass is 9.74. The first kappa shape index (κ1) is 19.0. The van der Waals surface area contributed by atoms with Crippen molar-refractivity contribution in [2.75, 3.05) is 13.3 Å². The number of rotatable bonds is 5. The molecule has 3 aromatic rings. The van der Waals surface area contributed by atoms with Gasteiger partial charge >= 0.3 is 0 Å². The van der Waals surface area contributed by atoms with Gasteiger partial charge in [-0.15, -0.1) is 0 Å². The monoisotopic (exact) mass is 396 g/mol. The molecule has 3 nitrogen and oxygen atoms in total. The first-order valence-electron chi connectivity index (χ1n) is 10.8. The van der Waals surface area contributed by atoms with Crippen LogP contribution in [-0.4, -0.2) is 23.3 Å². The third-order valence-electron chi connectivity index (χ3n) is 6.65. The van der Waals surface area contributed by atoms with Crippen LogP contribution in [0, 0.1) is 5.92 Å². The molecule has 30 heavy (non-hydrogen) atoms. The number of aliphatic hydroxyl groups excluding tert-OH is 1. The largest absolute Gasteiger partial charge is 0.396 e. The van der Waals surface area contributed by atoms with E-state index in [-0.39, 0.29) is 6.61 Å². The van der Waals surface area contributed by atoms with Gasteiger partial charge in [-0.1, -0.05) is 91.0 Å². The van der Waals surface area contributed by atoms with Gasteiger partial charge in [-0.05, 0) is 41.9 Å². The van der Waals surface area contributed by atoms with Crippen molar-refractivity contribution < 1.29 is 5.11 Å². The van der Waals surface area contributed by atoms with Crippen LogP contribution >= 0.6 is 0 Å². The van der Waals surface area contributed by atoms with Crippen LogP contribution < -0.4 is 5.32 Å². The second-order valence-corrected chi connectivity index (χ2v) is 8.29. The lowest BCUT2D eigenvalue weighted by molar-refractivity contribution is 0.177. The fraction of sp³-hybridized carbons (Fsp3) is 0.259. The lowest BCUT2D eigenvalue weighted by Gasteiger charge is -2.46. The number of hydrogen-bond donors (Lipinski definition) is 2. The maximum Gasteiger partial charge on any atom is 0.118 e. The summed E-state index contributed by atoms with van der Waals surface area (Å²) >= 11 is 0. The van der Waals surface area contributed by atoms with Gasteiger partial charge in [0.25, 0.3) is 0 Å². The molecule has 3 heteroatoms. The van der Waals surface area contributed by atoms with Gasteiger partial charge < -0.3 is 15.3 Å². The average Bonchev–Trinajstić information content (AvgIpc) is 3.25. The molecule has 1 aliphatic carbocycles. The van der Waals surface area contributed by atoms with Gasteiger partial charge in [0.05, 0.1) is 6.67 Å². The van der Waals surface area contributed by atoms with Gasteiger partial charge in [0.2, 0.25) is 0 Å². The summed E-state index contributed by atoms with van der Waals surface area (Å²) in [7, 11) is 0. The molecule has 1 aliphatic heterocycles. The summed E-state index contributed by atoms with van der Waals surface area (Å²) in [4.78, 5) is 2.55. The van der Waals surface area contributed by atoms with Gasteiger partial charge in [-0.2, -0.15) is 0 Å². The average molecular weight is 397 g/mol. The van der Waals surface area contributed by atoms with Gasteiger partial charge in [0, 0.05) is 18.0 Å². The summed E-state index contributed by atoms with van der Waals surface area (Å²) in [5.74, 6) is 0.325. The Morgan fingerprint density at radius 1 is 0.800 bits per heavy atom. The molecule has 1 unspecified atom stereocenters. The molecule has 2 aliphatic rings. The number of hydrogen-bond acceptors (Lipinski definition) is 3. The predicted molar refractivity (Wildman–Crippen MR) is 121 cm³/mol. The van der Waals surface area contributed by atoms with Crippen molar-refractivity contribution in [3.63, 3.8) is 0 Å². The maximum atomic E-state index is 9.89. The second kappa shape index (κ2) is 8.00. The van der Waals surface area contributed by atoms with Gasteiger partial charge in [0.15, 0.2) is 0 Å². The van der Waals surface area contributed by atoms with E-state index in [1.807, 2.05) is 0 Å². The van der Waals surface area contributed by atoms with E-state index >= 15 is 0 Å². The standard InChI is InChI=1S/C27H28N2O/c30-19-21-16-17-25-26(18-21)29(20-28-25)27(22-10-4-1-5-11-22,23-12-6-2-7-13-23)24-14-8-3-9-15-24/h1-15,21,28,30H,16-20H2. The molecule has 0 aromatic heterocycles. The molecule has 1 heterocycles. The molecular weight excluding hydrogens is 368 g/mol. The normalized spacial score (nSPS) is 18.8. The lowest BCUT2D eigenvalue weighted by Crippen LogP contribution is -2.48. The molecule has 0 saturated carbocycles. The Hall–Kier alpha value is -3.04. The Labute approximate surface area is 178 Å². The number of nitrogens with zero attached hydrogens (tertiary/aromatic N) is 1. The van der Waals surface area contributed by atoms with Crippen LogP contribution in [0.4, 0.5) is 0 Å². The third-order valence-corrected chi connectivity index (χ3v) is 6.65. The molecule has 0 bridgehead atoms. The number of benzene rings is 3. The molecule has 0 saturated heterocycles. The van der Waals surface area contributed by atoms with Gasteiger partial charge in [0.1, 0.15) is 5.54 Å². The molecule has 0 amide bonds. The first-order valence-corrected chi connectivity index (χ1v) is 10.8. The highest BCUT2D eigenvalue weighted by Gasteiger charge is 2.46. The summed E-state index contributed by atoms with van der Waals surface area (Å²) < 4.78 is 0. The highest BCUT2D eigenvalue weighted by atomic mass is 16.3. The van der Waals surface area contributed by atoms with Crippen LogP contribution in [-0.2, 0) is 5.54 Å². The number of allylic oxidation sites excluding steroid dienone is 2. The third kappa shape index (κ3) is 3.01. The summed E-state index contributed by atoms with van der Waals surface area (Å²) in [5.41, 5.74) is 6.01. The summed E-state index contributed by atoms with van der Waals surface area (Å²) in [6.07, 6.45) is 2.96. The predicted octanol–water partition coefficient (Wildman–Crippen LogP) is 4.85. The fourth-order valence-electron chi connectivity index (χ4n) is 5.21. The van der Waals surface area contributed by atoms with E-state index in [1.54, 1.807) is 0 Å². The smallest absolute Gasteiger partial charge is 0.118 e. The van der Waals surface area contributed by atoms with Crippen molar-refractivity contribution in [1.29, 1.82) is 0 Å². The minimum atomic E-state index is -0.439. The van der Waals surface area contributed by atoms with Crippen molar-refractivity contribution in [3.8, 4) is 0 Å². The number of nitrogens with one attached hydrogen (secondary N) is 1. The van der Waals surface area contributed by atoms with E-state index in [0.29, 0.717) is 5.92 Å². The molecular formula is C27H28N2O. The van der Waals surface area contributed by atoms with Crippen molar-refractivity contribution in [3.05, 3.63) is 119 Å². The van der Waals surface area contributed by atoms with Crippen LogP contribution in [0.2, 0.25) is 0 Å². The molecule has 5 rings (SSSR count). The molecule has 3 aromatic carbocycles. The second-order valence-electron chi connectivity index (χ2n) is 8.29. The molecule has 0 spiro atoms. The minimum Gasteiger partial charge on any atom is -0.396 e. The zero-order valence-corrected chi connectivity index (χ0v) is 17.2. The van der Waals surface area contributed by atoms with Crippen LogP contribution in [0.3, 0.4) is 0 Å². The van der Waals surface area contributed by atoms with E-state index in [1.165, 1.54) is 28.1 Å². The Bertz CT molecular complexity index is 918. The fourth-order valence-corrected chi connectivity index (χ4v) is 5.21. The first-order chi connectivity index (χ1) is 14.8. The minimum absolute atomic E-state index is 0.250. The SMILES string of the molecule is OCC1CCC2=C(C1)N(C(c1ccccc1)(c1ccccc1)c1ccccc1)CN2. The van der Waals surface area contributed by atoms with Crippen molar-refractivity contribution in [2.24, 2.45) is 5.92 Å². The van der Waals surface area contributed by atoms with Crippen molar-refractivity contribution in [2.45, 2.75) is 24.8 Å². The summed E-state index contributed by atoms with van der Waals surface area (Å²) in [6, 6.07) is 32.5. The van der Waals surface area contributed by atoms with Crippen molar-refractivity contribution >= 4 is 0 Å². The maximum absolute atomic E-state index is 9.89. The van der Waals surface area contributed by atoms with E-state index in [2.05, 4.69) is 101 Å². The molecule has 152 valence electrons. The highest BCUT2D eigenvalue weighted by Crippen LogP contribution is 2.48. The molecule has 2 N–H and O–H groups in total. The van der Waals surface area contributed by atoms with Crippen LogP contribution in [0.5, 0.6) is 0 Å². The Morgan fingerprint density at radius 2 is 1.30 bits per heavy atom. The van der Waals surface area contributed by atoms with E-state index in [9.17, 15) is 5.11 Å². The highest BCUT2D eigenvalue weighted by molar-refractivity contribution is 5.51. The van der Waals surface area contributed by atoms with E-state index in [4.69, 9.17) is 0 Å². The summed E-state index contributed by atoms with van der Waals surface area (Å²) in [6.45, 7) is 1.02. The number of aliphatic hydroxyl groups is 1. The van der Waals surface area contributed by atoms with Crippen LogP contribution in [0.25, 0.3) is 0 Å². The zero-order valence-electron chi connectivity index (χ0n) is 17.2. The molecule has 1 atom stereocenters. The quantitative estimate of drug-likeness (QED) is 0.606. The Balaban J connectivity index is 1.78.